The number of imidazole rings is 1. The predicted octanol–water partition coefficient (Wildman–Crippen LogP) is 3.10. The van der Waals surface area contributed by atoms with Gasteiger partial charge < -0.3 is 4.57 Å². The van der Waals surface area contributed by atoms with Gasteiger partial charge in [-0.2, -0.15) is 13.2 Å². The van der Waals surface area contributed by atoms with Gasteiger partial charge in [-0.05, 0) is 30.5 Å². The van der Waals surface area contributed by atoms with Gasteiger partial charge in [0.15, 0.2) is 0 Å². The van der Waals surface area contributed by atoms with Crippen LogP contribution in [0.5, 0.6) is 0 Å². The Morgan fingerprint density at radius 3 is 2.84 bits per heavy atom. The Bertz CT molecular complexity index is 880. The molecule has 0 bridgehead atoms. The molecule has 5 nitrogen and oxygen atoms in total. The van der Waals surface area contributed by atoms with E-state index in [0.29, 0.717) is 12.6 Å². The number of aromatic nitrogens is 2. The van der Waals surface area contributed by atoms with E-state index in [2.05, 4.69) is 9.71 Å². The summed E-state index contributed by atoms with van der Waals surface area (Å²) in [5, 5.41) is -0.249. The molecule has 0 fully saturated rings. The fraction of sp³-hybridized carbons (Fsp3) is 0.400. The van der Waals surface area contributed by atoms with Crippen molar-refractivity contribution < 1.29 is 21.6 Å². The van der Waals surface area contributed by atoms with Gasteiger partial charge in [-0.3, -0.25) is 0 Å². The van der Waals surface area contributed by atoms with Crippen molar-refractivity contribution in [3.8, 4) is 0 Å². The first-order valence-corrected chi connectivity index (χ1v) is 9.39. The summed E-state index contributed by atoms with van der Waals surface area (Å²) in [5.74, 6) is 0.973. The van der Waals surface area contributed by atoms with Crippen molar-refractivity contribution in [2.24, 2.45) is 5.92 Å². The smallest absolute Gasteiger partial charge is 0.335 e. The van der Waals surface area contributed by atoms with Crippen molar-refractivity contribution in [3.05, 3.63) is 47.0 Å². The van der Waals surface area contributed by atoms with Gasteiger partial charge in [0.2, 0.25) is 10.0 Å². The minimum absolute atomic E-state index is 0.0287. The Morgan fingerprint density at radius 1 is 1.36 bits per heavy atom. The van der Waals surface area contributed by atoms with Crippen molar-refractivity contribution in [1.29, 1.82) is 0 Å². The number of fused-ring (bicyclic) bond motifs is 1. The van der Waals surface area contributed by atoms with Crippen LogP contribution in [0.3, 0.4) is 0 Å². The summed E-state index contributed by atoms with van der Waals surface area (Å²) in [6, 6.07) is 2.25. The average Bonchev–Trinajstić information content (AvgIpc) is 2.99. The Labute approximate surface area is 147 Å². The lowest BCUT2D eigenvalue weighted by molar-refractivity contribution is -0.137. The molecule has 1 aromatic carbocycles. The number of hydrogen-bond acceptors (Lipinski definition) is 3. The Morgan fingerprint density at radius 2 is 2.12 bits per heavy atom. The molecular formula is C15H15ClF3N3O2S. The van der Waals surface area contributed by atoms with Crippen LogP contribution in [-0.4, -0.2) is 24.5 Å². The molecule has 0 aliphatic carbocycles. The molecule has 10 heteroatoms. The fourth-order valence-corrected chi connectivity index (χ4v) is 4.43. The molecule has 1 aromatic heterocycles. The van der Waals surface area contributed by atoms with E-state index < -0.39 is 26.7 Å². The number of hydrogen-bond donors (Lipinski definition) is 1. The summed E-state index contributed by atoms with van der Waals surface area (Å²) in [4.78, 5) is 3.63. The van der Waals surface area contributed by atoms with Crippen LogP contribution >= 0.6 is 11.6 Å². The van der Waals surface area contributed by atoms with Crippen molar-refractivity contribution in [3.63, 3.8) is 0 Å². The number of benzene rings is 1. The summed E-state index contributed by atoms with van der Waals surface area (Å²) < 4.78 is 67.5. The highest BCUT2D eigenvalue weighted by molar-refractivity contribution is 7.89. The second kappa shape index (κ2) is 6.62. The van der Waals surface area contributed by atoms with Crippen LogP contribution in [0.15, 0.2) is 35.5 Å². The minimum atomic E-state index is -4.64. The average molecular weight is 394 g/mol. The SMILES string of the molecule is O=S(=O)(NCC1CCc2nccn2C1)c1cc(C(F)(F)F)ccc1Cl. The molecule has 136 valence electrons. The zero-order valence-electron chi connectivity index (χ0n) is 12.9. The summed E-state index contributed by atoms with van der Waals surface area (Å²) in [5.41, 5.74) is -1.06. The third-order valence-corrected chi connectivity index (χ3v) is 6.05. The standard InChI is InChI=1S/C15H15ClF3N3O2S/c16-12-3-2-11(15(17,18)19)7-13(12)25(23,24)21-8-10-1-4-14-20-5-6-22(14)9-10/h2-3,5-7,10,21H,1,4,8-9H2. The monoisotopic (exact) mass is 393 g/mol. The molecule has 3 rings (SSSR count). The number of alkyl halides is 3. The van der Waals surface area contributed by atoms with E-state index in [1.54, 1.807) is 6.20 Å². The summed E-state index contributed by atoms with van der Waals surface area (Å²) in [6.07, 6.45) is 0.333. The van der Waals surface area contributed by atoms with Crippen LogP contribution in [0, 0.1) is 5.92 Å². The van der Waals surface area contributed by atoms with E-state index in [0.717, 1.165) is 30.8 Å². The van der Waals surface area contributed by atoms with Gasteiger partial charge in [-0.25, -0.2) is 18.1 Å². The highest BCUT2D eigenvalue weighted by atomic mass is 35.5. The predicted molar refractivity (Wildman–Crippen MR) is 85.7 cm³/mol. The lowest BCUT2D eigenvalue weighted by atomic mass is 10.00. The first-order valence-electron chi connectivity index (χ1n) is 7.53. The maximum atomic E-state index is 12.8. The van der Waals surface area contributed by atoms with Crippen molar-refractivity contribution in [2.45, 2.75) is 30.5 Å². The second-order valence-corrected chi connectivity index (χ2v) is 8.04. The second-order valence-electron chi connectivity index (χ2n) is 5.90. The Balaban J connectivity index is 1.74. The largest absolute Gasteiger partial charge is 0.416 e. The normalized spacial score (nSPS) is 18.2. The summed E-state index contributed by atoms with van der Waals surface area (Å²) in [6.45, 7) is 0.723. The number of rotatable bonds is 4. The van der Waals surface area contributed by atoms with E-state index in [-0.39, 0.29) is 17.5 Å². The Hall–Kier alpha value is -1.58. The summed E-state index contributed by atoms with van der Waals surface area (Å²) in [7, 11) is -4.14. The third kappa shape index (κ3) is 3.99. The van der Waals surface area contributed by atoms with Crippen LogP contribution < -0.4 is 4.72 Å². The maximum absolute atomic E-state index is 12.8. The number of sulfonamides is 1. The van der Waals surface area contributed by atoms with Crippen LogP contribution in [0.25, 0.3) is 0 Å². The first-order chi connectivity index (χ1) is 11.7. The zero-order valence-corrected chi connectivity index (χ0v) is 14.5. The lowest BCUT2D eigenvalue weighted by Crippen LogP contribution is -2.34. The molecule has 1 aliphatic heterocycles. The highest BCUT2D eigenvalue weighted by Crippen LogP contribution is 2.33. The number of nitrogens with zero attached hydrogens (tertiary/aromatic N) is 2. The van der Waals surface area contributed by atoms with E-state index in [4.69, 9.17) is 11.6 Å². The van der Waals surface area contributed by atoms with Crippen LogP contribution in [0.1, 0.15) is 17.8 Å². The molecule has 0 spiro atoms. The van der Waals surface area contributed by atoms with Gasteiger partial charge >= 0.3 is 6.18 Å². The number of nitrogens with one attached hydrogen (secondary N) is 1. The van der Waals surface area contributed by atoms with Crippen molar-refractivity contribution in [2.75, 3.05) is 6.54 Å². The molecule has 1 N–H and O–H groups in total. The van der Waals surface area contributed by atoms with Crippen molar-refractivity contribution >= 4 is 21.6 Å². The van der Waals surface area contributed by atoms with Crippen molar-refractivity contribution in [1.82, 2.24) is 14.3 Å². The Kier molecular flexibility index (Phi) is 4.82. The van der Waals surface area contributed by atoms with E-state index in [1.165, 1.54) is 0 Å². The molecule has 0 saturated heterocycles. The minimum Gasteiger partial charge on any atom is -0.335 e. The third-order valence-electron chi connectivity index (χ3n) is 4.14. The number of aryl methyl sites for hydroxylation is 1. The zero-order chi connectivity index (χ0) is 18.2. The summed E-state index contributed by atoms with van der Waals surface area (Å²) >= 11 is 5.81. The maximum Gasteiger partial charge on any atom is 0.416 e. The van der Waals surface area contributed by atoms with Gasteiger partial charge in [0.05, 0.1) is 10.6 Å². The molecule has 1 aliphatic rings. The van der Waals surface area contributed by atoms with Gasteiger partial charge in [-0.15, -0.1) is 0 Å². The molecule has 1 unspecified atom stereocenters. The molecule has 2 aromatic rings. The van der Waals surface area contributed by atoms with Crippen LogP contribution in [-0.2, 0) is 29.2 Å². The molecule has 2 heterocycles. The fourth-order valence-electron chi connectivity index (χ4n) is 2.79. The van der Waals surface area contributed by atoms with Gasteiger partial charge in [0.1, 0.15) is 10.7 Å². The van der Waals surface area contributed by atoms with E-state index in [9.17, 15) is 21.6 Å². The van der Waals surface area contributed by atoms with Gasteiger partial charge in [0.25, 0.3) is 0 Å². The first kappa shape index (κ1) is 18.2. The van der Waals surface area contributed by atoms with Gasteiger partial charge in [-0.1, -0.05) is 11.6 Å². The van der Waals surface area contributed by atoms with Crippen LogP contribution in [0.4, 0.5) is 13.2 Å². The highest BCUT2D eigenvalue weighted by Gasteiger charge is 2.33. The number of halogens is 4. The van der Waals surface area contributed by atoms with E-state index >= 15 is 0 Å². The molecule has 0 amide bonds. The molecule has 0 saturated carbocycles. The van der Waals surface area contributed by atoms with E-state index in [1.807, 2.05) is 10.8 Å². The molecule has 25 heavy (non-hydrogen) atoms. The molecule has 0 radical (unpaired) electrons. The molecule has 1 atom stereocenters. The quantitative estimate of drug-likeness (QED) is 0.868. The topological polar surface area (TPSA) is 64.0 Å². The lowest BCUT2D eigenvalue weighted by Gasteiger charge is -2.24. The molecular weight excluding hydrogens is 379 g/mol. The van der Waals surface area contributed by atoms with Gasteiger partial charge in [0, 0.05) is 31.9 Å². The van der Waals surface area contributed by atoms with Crippen LogP contribution in [0.2, 0.25) is 5.02 Å².